The monoisotopic (exact) mass is 389 g/mol. The van der Waals surface area contributed by atoms with Gasteiger partial charge >= 0.3 is 0 Å². The Morgan fingerprint density at radius 2 is 1.76 bits per heavy atom. The number of rotatable bonds is 5. The zero-order chi connectivity index (χ0) is 20.5. The number of nitrogens with one attached hydrogen (secondary N) is 1. The van der Waals surface area contributed by atoms with Crippen LogP contribution in [0.4, 0.5) is 0 Å². The molecule has 0 fully saturated rings. The van der Waals surface area contributed by atoms with E-state index in [0.717, 1.165) is 16.9 Å². The maximum absolute atomic E-state index is 12.8. The fourth-order valence-electron chi connectivity index (χ4n) is 3.56. The molecule has 4 aromatic rings. The third-order valence-electron chi connectivity index (χ3n) is 5.13. The molecular formula is C22H23N5O2. The van der Waals surface area contributed by atoms with E-state index in [0.29, 0.717) is 10.9 Å². The number of hydrogen-bond donors (Lipinski definition) is 1. The topological polar surface area (TPSA) is 81.8 Å². The summed E-state index contributed by atoms with van der Waals surface area (Å²) < 4.78 is 3.34. The molecule has 2 aromatic carbocycles. The van der Waals surface area contributed by atoms with Gasteiger partial charge in [-0.2, -0.15) is 0 Å². The maximum Gasteiger partial charge on any atom is 0.261 e. The van der Waals surface area contributed by atoms with Crippen LogP contribution in [0.25, 0.3) is 21.9 Å². The normalized spacial score (nSPS) is 12.6. The van der Waals surface area contributed by atoms with E-state index in [1.165, 1.54) is 10.9 Å². The van der Waals surface area contributed by atoms with Gasteiger partial charge in [0.15, 0.2) is 0 Å². The van der Waals surface area contributed by atoms with Crippen LogP contribution in [-0.4, -0.2) is 25.0 Å². The van der Waals surface area contributed by atoms with Gasteiger partial charge in [0.1, 0.15) is 12.4 Å². The van der Waals surface area contributed by atoms with Crippen molar-refractivity contribution < 1.29 is 4.79 Å². The van der Waals surface area contributed by atoms with E-state index < -0.39 is 0 Å². The largest absolute Gasteiger partial charge is 0.344 e. The summed E-state index contributed by atoms with van der Waals surface area (Å²) in [6.45, 7) is 3.98. The molecule has 29 heavy (non-hydrogen) atoms. The Morgan fingerprint density at radius 1 is 1.07 bits per heavy atom. The minimum Gasteiger partial charge on any atom is -0.344 e. The van der Waals surface area contributed by atoms with Gasteiger partial charge in [-0.15, -0.1) is 0 Å². The van der Waals surface area contributed by atoms with Crippen LogP contribution in [0.2, 0.25) is 0 Å². The Labute approximate surface area is 168 Å². The number of fused-ring (bicyclic) bond motifs is 2. The first kappa shape index (κ1) is 18.9. The van der Waals surface area contributed by atoms with E-state index in [2.05, 4.69) is 10.3 Å². The van der Waals surface area contributed by atoms with Crippen molar-refractivity contribution in [2.45, 2.75) is 26.4 Å². The summed E-state index contributed by atoms with van der Waals surface area (Å²) in [5.41, 5.74) is 2.29. The highest BCUT2D eigenvalue weighted by Crippen LogP contribution is 2.24. The van der Waals surface area contributed by atoms with E-state index in [4.69, 9.17) is 4.98 Å². The molecule has 2 heterocycles. The van der Waals surface area contributed by atoms with Gasteiger partial charge in [0.2, 0.25) is 5.91 Å². The third kappa shape index (κ3) is 3.51. The number of carbonyl (C=O) groups excluding carboxylic acids is 1. The van der Waals surface area contributed by atoms with Gasteiger partial charge in [-0.1, -0.05) is 38.1 Å². The first-order valence-electron chi connectivity index (χ1n) is 9.60. The quantitative estimate of drug-likeness (QED) is 0.569. The van der Waals surface area contributed by atoms with Crippen LogP contribution in [0.3, 0.4) is 0 Å². The molecular weight excluding hydrogens is 366 g/mol. The molecule has 7 heteroatoms. The van der Waals surface area contributed by atoms with E-state index in [9.17, 15) is 9.59 Å². The van der Waals surface area contributed by atoms with Crippen molar-refractivity contribution in [2.24, 2.45) is 13.0 Å². The molecule has 0 spiro atoms. The van der Waals surface area contributed by atoms with Crippen molar-refractivity contribution in [1.29, 1.82) is 0 Å². The van der Waals surface area contributed by atoms with Crippen LogP contribution in [-0.2, 0) is 18.4 Å². The molecule has 1 N–H and O–H groups in total. The van der Waals surface area contributed by atoms with Crippen LogP contribution in [0.1, 0.15) is 25.7 Å². The van der Waals surface area contributed by atoms with E-state index in [1.54, 1.807) is 18.2 Å². The molecule has 1 amide bonds. The zero-order valence-corrected chi connectivity index (χ0v) is 16.7. The smallest absolute Gasteiger partial charge is 0.261 e. The SMILES string of the molecule is CC(C)[C@H](NC(=O)Cn1cnc2ccccc2c1=O)c1nc2ccccc2n1C. The summed E-state index contributed by atoms with van der Waals surface area (Å²) in [7, 11) is 1.95. The number of benzene rings is 2. The number of carbonyl (C=O) groups is 1. The predicted molar refractivity (Wildman–Crippen MR) is 112 cm³/mol. The molecule has 1 atom stereocenters. The third-order valence-corrected chi connectivity index (χ3v) is 5.13. The first-order valence-corrected chi connectivity index (χ1v) is 9.60. The average molecular weight is 389 g/mol. The van der Waals surface area contributed by atoms with Crippen molar-refractivity contribution in [2.75, 3.05) is 0 Å². The maximum atomic E-state index is 12.8. The van der Waals surface area contributed by atoms with Crippen molar-refractivity contribution in [3.05, 3.63) is 71.0 Å². The number of hydrogen-bond acceptors (Lipinski definition) is 4. The van der Waals surface area contributed by atoms with Crippen LogP contribution in [0, 0.1) is 5.92 Å². The van der Waals surface area contributed by atoms with Crippen molar-refractivity contribution in [3.63, 3.8) is 0 Å². The molecule has 0 aliphatic rings. The van der Waals surface area contributed by atoms with Gasteiger partial charge in [0.05, 0.1) is 34.3 Å². The lowest BCUT2D eigenvalue weighted by Gasteiger charge is -2.22. The van der Waals surface area contributed by atoms with Gasteiger partial charge in [-0.25, -0.2) is 9.97 Å². The molecule has 0 unspecified atom stereocenters. The highest BCUT2D eigenvalue weighted by atomic mass is 16.2. The second-order valence-corrected chi connectivity index (χ2v) is 7.50. The molecule has 0 radical (unpaired) electrons. The van der Waals surface area contributed by atoms with Gasteiger partial charge in [-0.3, -0.25) is 14.2 Å². The summed E-state index contributed by atoms with van der Waals surface area (Å²) >= 11 is 0. The number of amides is 1. The van der Waals surface area contributed by atoms with Crippen LogP contribution >= 0.6 is 0 Å². The molecule has 0 aliphatic heterocycles. The Bertz CT molecular complexity index is 1260. The number of imidazole rings is 1. The van der Waals surface area contributed by atoms with Crippen molar-refractivity contribution >= 4 is 27.8 Å². The zero-order valence-electron chi connectivity index (χ0n) is 16.7. The van der Waals surface area contributed by atoms with Crippen LogP contribution in [0.5, 0.6) is 0 Å². The molecule has 0 aliphatic carbocycles. The molecule has 0 bridgehead atoms. The van der Waals surface area contributed by atoms with Crippen molar-refractivity contribution in [3.8, 4) is 0 Å². The van der Waals surface area contributed by atoms with Crippen LogP contribution in [0.15, 0.2) is 59.7 Å². The van der Waals surface area contributed by atoms with E-state index in [1.807, 2.05) is 55.8 Å². The summed E-state index contributed by atoms with van der Waals surface area (Å²) in [6, 6.07) is 14.7. The summed E-state index contributed by atoms with van der Waals surface area (Å²) in [4.78, 5) is 34.4. The first-order chi connectivity index (χ1) is 14.0. The molecule has 2 aromatic heterocycles. The highest BCUT2D eigenvalue weighted by Gasteiger charge is 2.24. The summed E-state index contributed by atoms with van der Waals surface area (Å²) in [5.74, 6) is 0.661. The van der Waals surface area contributed by atoms with Gasteiger partial charge in [0.25, 0.3) is 5.56 Å². The highest BCUT2D eigenvalue weighted by molar-refractivity contribution is 5.79. The molecule has 0 saturated carbocycles. The Balaban J connectivity index is 1.61. The van der Waals surface area contributed by atoms with E-state index in [-0.39, 0.29) is 30.0 Å². The van der Waals surface area contributed by atoms with Crippen LogP contribution < -0.4 is 10.9 Å². The lowest BCUT2D eigenvalue weighted by atomic mass is 10.0. The minimum atomic E-state index is -0.274. The summed E-state index contributed by atoms with van der Waals surface area (Å²) in [6.07, 6.45) is 1.42. The lowest BCUT2D eigenvalue weighted by molar-refractivity contribution is -0.122. The molecule has 4 rings (SSSR count). The summed E-state index contributed by atoms with van der Waals surface area (Å²) in [5, 5.41) is 3.55. The standard InChI is InChI=1S/C22H23N5O2/c1-14(2)20(21-24-17-10-6-7-11-18(17)26(21)3)25-19(28)12-27-13-23-16-9-5-4-8-15(16)22(27)29/h4-11,13-14,20H,12H2,1-3H3,(H,25,28)/t20-/m0/s1. The second kappa shape index (κ2) is 7.50. The number of aryl methyl sites for hydroxylation is 1. The fourth-order valence-corrected chi connectivity index (χ4v) is 3.56. The molecule has 148 valence electrons. The van der Waals surface area contributed by atoms with Gasteiger partial charge in [-0.05, 0) is 30.2 Å². The second-order valence-electron chi connectivity index (χ2n) is 7.50. The molecule has 0 saturated heterocycles. The van der Waals surface area contributed by atoms with Gasteiger partial charge in [0, 0.05) is 7.05 Å². The average Bonchev–Trinajstić information content (AvgIpc) is 3.05. The van der Waals surface area contributed by atoms with Gasteiger partial charge < -0.3 is 9.88 Å². The Kier molecular flexibility index (Phi) is 4.88. The Morgan fingerprint density at radius 3 is 2.48 bits per heavy atom. The lowest BCUT2D eigenvalue weighted by Crippen LogP contribution is -2.37. The minimum absolute atomic E-state index is 0.0934. The number of aromatic nitrogens is 4. The number of para-hydroxylation sites is 3. The Hall–Kier alpha value is -3.48. The van der Waals surface area contributed by atoms with E-state index >= 15 is 0 Å². The number of nitrogens with zero attached hydrogens (tertiary/aromatic N) is 4. The van der Waals surface area contributed by atoms with Crippen molar-refractivity contribution in [1.82, 2.24) is 24.4 Å². The molecule has 7 nitrogen and oxygen atoms in total. The predicted octanol–water partition coefficient (Wildman–Crippen LogP) is 2.80. The fraction of sp³-hybridized carbons (Fsp3) is 0.273.